The first-order valence-corrected chi connectivity index (χ1v) is 9.98. The summed E-state index contributed by atoms with van der Waals surface area (Å²) in [7, 11) is 0. The molecule has 4 heteroatoms. The lowest BCUT2D eigenvalue weighted by Gasteiger charge is -2.27. The number of fused-ring (bicyclic) bond motifs is 1. The van der Waals surface area contributed by atoms with Crippen LogP contribution in [0.1, 0.15) is 54.5 Å². The molecule has 1 aromatic heterocycles. The van der Waals surface area contributed by atoms with Gasteiger partial charge in [0.15, 0.2) is 0 Å². The van der Waals surface area contributed by atoms with Crippen molar-refractivity contribution in [1.82, 2.24) is 9.88 Å². The molecule has 3 heterocycles. The van der Waals surface area contributed by atoms with Crippen molar-refractivity contribution in [3.63, 3.8) is 0 Å². The van der Waals surface area contributed by atoms with Crippen LogP contribution in [0.4, 0.5) is 0 Å². The van der Waals surface area contributed by atoms with Crippen molar-refractivity contribution in [3.8, 4) is 0 Å². The number of nitrogens with zero attached hydrogens (tertiary/aromatic N) is 1. The average molecular weight is 354 g/mol. The highest BCUT2D eigenvalue weighted by atomic mass is 16.5. The SMILES string of the molecule is Cc1[nH]c2c(C)ccc(C)c2c1CC(=O)N1CCC[C@]2(CCCO2)CC1. The summed E-state index contributed by atoms with van der Waals surface area (Å²) in [6.45, 7) is 8.93. The number of aromatic nitrogens is 1. The minimum Gasteiger partial charge on any atom is -0.375 e. The predicted octanol–water partition coefficient (Wildman–Crippen LogP) is 4.20. The second-order valence-electron chi connectivity index (χ2n) is 8.22. The number of nitrogens with one attached hydrogen (secondary N) is 1. The van der Waals surface area contributed by atoms with Gasteiger partial charge in [0, 0.05) is 36.3 Å². The molecular weight excluding hydrogens is 324 g/mol. The highest BCUT2D eigenvalue weighted by Gasteiger charge is 2.37. The molecule has 2 aromatic rings. The van der Waals surface area contributed by atoms with Crippen molar-refractivity contribution in [1.29, 1.82) is 0 Å². The summed E-state index contributed by atoms with van der Waals surface area (Å²) in [6.07, 6.45) is 5.96. The molecule has 0 radical (unpaired) electrons. The Morgan fingerprint density at radius 1 is 1.12 bits per heavy atom. The molecule has 2 fully saturated rings. The van der Waals surface area contributed by atoms with Gasteiger partial charge in [-0.25, -0.2) is 0 Å². The quantitative estimate of drug-likeness (QED) is 0.878. The van der Waals surface area contributed by atoms with Gasteiger partial charge in [-0.1, -0.05) is 12.1 Å². The number of benzene rings is 1. The molecule has 4 nitrogen and oxygen atoms in total. The molecule has 2 saturated heterocycles. The fourth-order valence-corrected chi connectivity index (χ4v) is 4.86. The molecule has 2 aliphatic heterocycles. The number of carbonyl (C=O) groups is 1. The molecule has 1 spiro atoms. The summed E-state index contributed by atoms with van der Waals surface area (Å²) < 4.78 is 6.06. The minimum absolute atomic E-state index is 0.0550. The van der Waals surface area contributed by atoms with E-state index in [0.29, 0.717) is 6.42 Å². The second-order valence-corrected chi connectivity index (χ2v) is 8.22. The number of aromatic amines is 1. The molecule has 0 bridgehead atoms. The van der Waals surface area contributed by atoms with Crippen LogP contribution in [-0.4, -0.2) is 41.1 Å². The molecule has 0 aliphatic carbocycles. The molecule has 2 aliphatic rings. The van der Waals surface area contributed by atoms with Crippen LogP contribution in [0.2, 0.25) is 0 Å². The van der Waals surface area contributed by atoms with Gasteiger partial charge in [0.2, 0.25) is 5.91 Å². The van der Waals surface area contributed by atoms with E-state index in [0.717, 1.165) is 51.1 Å². The zero-order chi connectivity index (χ0) is 18.3. The van der Waals surface area contributed by atoms with Gasteiger partial charge in [-0.05, 0) is 69.6 Å². The molecule has 1 atom stereocenters. The van der Waals surface area contributed by atoms with Crippen LogP contribution in [0, 0.1) is 20.8 Å². The topological polar surface area (TPSA) is 45.3 Å². The number of H-pyrrole nitrogens is 1. The zero-order valence-electron chi connectivity index (χ0n) is 16.3. The van der Waals surface area contributed by atoms with Gasteiger partial charge in [0.25, 0.3) is 0 Å². The average Bonchev–Trinajstić information content (AvgIpc) is 3.13. The molecule has 1 N–H and O–H groups in total. The molecule has 1 aromatic carbocycles. The van der Waals surface area contributed by atoms with E-state index in [1.807, 2.05) is 0 Å². The van der Waals surface area contributed by atoms with Crippen molar-refractivity contribution in [2.24, 2.45) is 0 Å². The van der Waals surface area contributed by atoms with Crippen LogP contribution in [0.15, 0.2) is 12.1 Å². The maximum Gasteiger partial charge on any atom is 0.227 e. The van der Waals surface area contributed by atoms with Gasteiger partial charge in [-0.15, -0.1) is 0 Å². The Kier molecular flexibility index (Phi) is 4.55. The Balaban J connectivity index is 1.54. The monoisotopic (exact) mass is 354 g/mol. The van der Waals surface area contributed by atoms with Crippen molar-refractivity contribution < 1.29 is 9.53 Å². The first-order chi connectivity index (χ1) is 12.5. The van der Waals surface area contributed by atoms with Gasteiger partial charge in [-0.2, -0.15) is 0 Å². The Hall–Kier alpha value is -1.81. The lowest BCUT2D eigenvalue weighted by atomic mass is 9.92. The Labute approximate surface area is 155 Å². The van der Waals surface area contributed by atoms with E-state index in [-0.39, 0.29) is 11.5 Å². The number of likely N-dealkylation sites (tertiary alicyclic amines) is 1. The highest BCUT2D eigenvalue weighted by molar-refractivity contribution is 5.93. The number of hydrogen-bond donors (Lipinski definition) is 1. The number of hydrogen-bond acceptors (Lipinski definition) is 2. The number of amides is 1. The summed E-state index contributed by atoms with van der Waals surface area (Å²) in [4.78, 5) is 18.7. The van der Waals surface area contributed by atoms with Gasteiger partial charge >= 0.3 is 0 Å². The Morgan fingerprint density at radius 3 is 2.65 bits per heavy atom. The van der Waals surface area contributed by atoms with Crippen molar-refractivity contribution in [2.75, 3.05) is 19.7 Å². The van der Waals surface area contributed by atoms with Crippen LogP contribution >= 0.6 is 0 Å². The number of carbonyl (C=O) groups excluding carboxylic acids is 1. The molecule has 140 valence electrons. The first-order valence-electron chi connectivity index (χ1n) is 9.98. The summed E-state index contributed by atoms with van der Waals surface area (Å²) in [5.74, 6) is 0.255. The van der Waals surface area contributed by atoms with E-state index in [4.69, 9.17) is 4.74 Å². The maximum atomic E-state index is 13.1. The molecule has 0 saturated carbocycles. The van der Waals surface area contributed by atoms with Gasteiger partial charge in [-0.3, -0.25) is 4.79 Å². The van der Waals surface area contributed by atoms with E-state index in [9.17, 15) is 4.79 Å². The van der Waals surface area contributed by atoms with Crippen molar-refractivity contribution in [3.05, 3.63) is 34.5 Å². The molecule has 0 unspecified atom stereocenters. The third-order valence-electron chi connectivity index (χ3n) is 6.45. The van der Waals surface area contributed by atoms with Crippen LogP contribution in [0.25, 0.3) is 10.9 Å². The van der Waals surface area contributed by atoms with E-state index < -0.39 is 0 Å². The molecule has 1 amide bonds. The molecular formula is C22H30N2O2. The summed E-state index contributed by atoms with van der Waals surface area (Å²) in [6, 6.07) is 4.31. The van der Waals surface area contributed by atoms with Crippen LogP contribution in [0.5, 0.6) is 0 Å². The number of aryl methyl sites for hydroxylation is 3. The van der Waals surface area contributed by atoms with E-state index in [2.05, 4.69) is 42.8 Å². The molecule has 26 heavy (non-hydrogen) atoms. The molecule has 4 rings (SSSR count). The summed E-state index contributed by atoms with van der Waals surface area (Å²) >= 11 is 0. The Bertz CT molecular complexity index is 830. The zero-order valence-corrected chi connectivity index (χ0v) is 16.3. The lowest BCUT2D eigenvalue weighted by Crippen LogP contribution is -2.35. The summed E-state index contributed by atoms with van der Waals surface area (Å²) in [5, 5.41) is 1.24. The predicted molar refractivity (Wildman–Crippen MR) is 105 cm³/mol. The third-order valence-corrected chi connectivity index (χ3v) is 6.45. The fraction of sp³-hybridized carbons (Fsp3) is 0.591. The maximum absolute atomic E-state index is 13.1. The minimum atomic E-state index is 0.0550. The largest absolute Gasteiger partial charge is 0.375 e. The van der Waals surface area contributed by atoms with Crippen LogP contribution < -0.4 is 0 Å². The first kappa shape index (κ1) is 17.6. The number of ether oxygens (including phenoxy) is 1. The lowest BCUT2D eigenvalue weighted by molar-refractivity contribution is -0.130. The van der Waals surface area contributed by atoms with Crippen molar-refractivity contribution >= 4 is 16.8 Å². The van der Waals surface area contributed by atoms with E-state index in [1.54, 1.807) is 0 Å². The Morgan fingerprint density at radius 2 is 1.88 bits per heavy atom. The fourth-order valence-electron chi connectivity index (χ4n) is 4.86. The highest BCUT2D eigenvalue weighted by Crippen LogP contribution is 2.36. The third kappa shape index (κ3) is 3.05. The van der Waals surface area contributed by atoms with Gasteiger partial charge < -0.3 is 14.6 Å². The second kappa shape index (κ2) is 6.73. The van der Waals surface area contributed by atoms with Crippen LogP contribution in [-0.2, 0) is 16.0 Å². The summed E-state index contributed by atoms with van der Waals surface area (Å²) in [5.41, 5.74) is 6.01. The van der Waals surface area contributed by atoms with Gasteiger partial charge in [0.05, 0.1) is 12.0 Å². The van der Waals surface area contributed by atoms with E-state index >= 15 is 0 Å². The van der Waals surface area contributed by atoms with Crippen LogP contribution in [0.3, 0.4) is 0 Å². The standard InChI is InChI=1S/C22H30N2O2/c1-15-6-7-16(2)21-20(15)18(17(3)23-21)14-19(25)24-11-4-8-22(10-12-24)9-5-13-26-22/h6-7,23H,4-5,8-14H2,1-3H3/t22-/m0/s1. The van der Waals surface area contributed by atoms with Crippen molar-refractivity contribution in [2.45, 2.75) is 64.9 Å². The smallest absolute Gasteiger partial charge is 0.227 e. The van der Waals surface area contributed by atoms with E-state index in [1.165, 1.54) is 34.0 Å². The normalized spacial score (nSPS) is 23.7. The number of rotatable bonds is 2. The van der Waals surface area contributed by atoms with Gasteiger partial charge in [0.1, 0.15) is 0 Å².